The Morgan fingerprint density at radius 2 is 2.05 bits per heavy atom. The Balaban J connectivity index is 1.64. The van der Waals surface area contributed by atoms with Crippen LogP contribution in [0.1, 0.15) is 50.3 Å². The third kappa shape index (κ3) is 6.19. The molecule has 206 valence electrons. The van der Waals surface area contributed by atoms with Crippen LogP contribution in [-0.4, -0.2) is 78.1 Å². The zero-order valence-corrected chi connectivity index (χ0v) is 22.3. The zero-order chi connectivity index (χ0) is 27.1. The second-order valence-electron chi connectivity index (χ2n) is 9.61. The third-order valence-electron chi connectivity index (χ3n) is 7.06. The Labute approximate surface area is 223 Å². The van der Waals surface area contributed by atoms with Gasteiger partial charge in [0.2, 0.25) is 12.5 Å². The quantitative estimate of drug-likeness (QED) is 0.391. The molecule has 0 aliphatic carbocycles. The van der Waals surface area contributed by atoms with Crippen LogP contribution in [0.3, 0.4) is 0 Å². The molecule has 2 aromatic rings. The standard InChI is InChI=1S/C28H37N3O7/c1-4-12-31(38-13-5-2)25(32)17-30-16-21(19-14-23(35-3)27-24(15-19)36-18-37-27)26(28(33)34)22(30)10-9-20-8-6-7-11-29-20/h6-8,11,14-15,21-22,26H,4-5,9-10,12-13,16-18H2,1-3H3,(H,33,34)/t21-,22+,26?/m1/s1. The lowest BCUT2D eigenvalue weighted by Gasteiger charge is -2.29. The van der Waals surface area contributed by atoms with Gasteiger partial charge in [-0.2, -0.15) is 0 Å². The lowest BCUT2D eigenvalue weighted by molar-refractivity contribution is -0.188. The van der Waals surface area contributed by atoms with E-state index in [1.54, 1.807) is 13.3 Å². The van der Waals surface area contributed by atoms with Gasteiger partial charge in [0.25, 0.3) is 5.91 Å². The summed E-state index contributed by atoms with van der Waals surface area (Å²) in [5.74, 6) is -0.646. The van der Waals surface area contributed by atoms with E-state index in [4.69, 9.17) is 19.0 Å². The number of aryl methyl sites for hydroxylation is 1. The largest absolute Gasteiger partial charge is 0.493 e. The van der Waals surface area contributed by atoms with Gasteiger partial charge in [-0.3, -0.25) is 24.3 Å². The second-order valence-corrected chi connectivity index (χ2v) is 9.61. The van der Waals surface area contributed by atoms with Crippen molar-refractivity contribution >= 4 is 11.9 Å². The molecule has 3 heterocycles. The Morgan fingerprint density at radius 1 is 1.21 bits per heavy atom. The number of pyridine rings is 1. The zero-order valence-electron chi connectivity index (χ0n) is 22.3. The van der Waals surface area contributed by atoms with Crippen molar-refractivity contribution in [2.75, 3.05) is 40.1 Å². The summed E-state index contributed by atoms with van der Waals surface area (Å²) in [6.07, 6.45) is 4.43. The number of carboxylic acid groups (broad SMARTS) is 1. The highest BCUT2D eigenvalue weighted by molar-refractivity contribution is 5.78. The smallest absolute Gasteiger partial charge is 0.308 e. The number of carbonyl (C=O) groups is 2. The molecular formula is C28H37N3O7. The number of rotatable bonds is 13. The SMILES string of the molecule is CCCON(CCC)C(=O)CN1C[C@H](c2cc(OC)c3c(c2)OCO3)C(C(=O)O)[C@@H]1CCc1ccccn1. The predicted molar refractivity (Wildman–Crippen MR) is 139 cm³/mol. The molecule has 1 unspecified atom stereocenters. The summed E-state index contributed by atoms with van der Waals surface area (Å²) in [6, 6.07) is 8.98. The number of ether oxygens (including phenoxy) is 3. The van der Waals surface area contributed by atoms with Crippen molar-refractivity contribution in [3.8, 4) is 17.2 Å². The minimum absolute atomic E-state index is 0.0680. The molecule has 0 spiro atoms. The molecule has 1 aromatic carbocycles. The summed E-state index contributed by atoms with van der Waals surface area (Å²) < 4.78 is 16.7. The van der Waals surface area contributed by atoms with E-state index in [1.807, 2.05) is 49.1 Å². The average molecular weight is 528 g/mol. The molecule has 1 fully saturated rings. The predicted octanol–water partition coefficient (Wildman–Crippen LogP) is 3.50. The fraction of sp³-hybridized carbons (Fsp3) is 0.536. The molecule has 4 rings (SSSR count). The van der Waals surface area contributed by atoms with Crippen LogP contribution in [0.2, 0.25) is 0 Å². The van der Waals surface area contributed by atoms with E-state index >= 15 is 0 Å². The molecule has 1 amide bonds. The lowest BCUT2D eigenvalue weighted by Crippen LogP contribution is -2.44. The fourth-order valence-electron chi connectivity index (χ4n) is 5.31. The number of likely N-dealkylation sites (tertiary alicyclic amines) is 1. The highest BCUT2D eigenvalue weighted by atomic mass is 16.7. The number of benzene rings is 1. The number of amides is 1. The summed E-state index contributed by atoms with van der Waals surface area (Å²) in [5, 5.41) is 11.9. The number of carbonyl (C=O) groups excluding carboxylic acids is 1. The first-order valence-corrected chi connectivity index (χ1v) is 13.2. The van der Waals surface area contributed by atoms with Crippen molar-refractivity contribution in [3.63, 3.8) is 0 Å². The van der Waals surface area contributed by atoms with Gasteiger partial charge in [-0.05, 0) is 55.5 Å². The molecule has 0 bridgehead atoms. The van der Waals surface area contributed by atoms with Gasteiger partial charge < -0.3 is 19.3 Å². The van der Waals surface area contributed by atoms with Crippen molar-refractivity contribution in [2.45, 2.75) is 51.5 Å². The van der Waals surface area contributed by atoms with E-state index in [0.29, 0.717) is 49.8 Å². The van der Waals surface area contributed by atoms with Crippen LogP contribution < -0.4 is 14.2 Å². The Morgan fingerprint density at radius 3 is 2.74 bits per heavy atom. The van der Waals surface area contributed by atoms with Crippen LogP contribution in [0, 0.1) is 5.92 Å². The summed E-state index contributed by atoms with van der Waals surface area (Å²) >= 11 is 0. The number of carboxylic acids is 1. The number of hydrogen-bond acceptors (Lipinski definition) is 8. The molecular weight excluding hydrogens is 490 g/mol. The minimum Gasteiger partial charge on any atom is -0.493 e. The molecule has 0 saturated carbocycles. The summed E-state index contributed by atoms with van der Waals surface area (Å²) in [4.78, 5) is 38.2. The van der Waals surface area contributed by atoms with E-state index < -0.39 is 11.9 Å². The molecule has 10 heteroatoms. The van der Waals surface area contributed by atoms with E-state index in [0.717, 1.165) is 24.1 Å². The maximum atomic E-state index is 13.3. The molecule has 2 aliphatic rings. The Hall–Kier alpha value is -3.37. The van der Waals surface area contributed by atoms with Gasteiger partial charge in [0.05, 0.1) is 26.2 Å². The first kappa shape index (κ1) is 27.7. The molecule has 38 heavy (non-hydrogen) atoms. The average Bonchev–Trinajstić information content (AvgIpc) is 3.54. The van der Waals surface area contributed by atoms with Gasteiger partial charge in [0.15, 0.2) is 11.5 Å². The van der Waals surface area contributed by atoms with Crippen LogP contribution in [-0.2, 0) is 20.8 Å². The Bertz CT molecular complexity index is 1100. The van der Waals surface area contributed by atoms with Crippen molar-refractivity contribution < 1.29 is 33.7 Å². The highest BCUT2D eigenvalue weighted by Gasteiger charge is 2.47. The van der Waals surface area contributed by atoms with Gasteiger partial charge in [-0.1, -0.05) is 19.9 Å². The topological polar surface area (TPSA) is 111 Å². The van der Waals surface area contributed by atoms with E-state index in [9.17, 15) is 14.7 Å². The molecule has 1 N–H and O–H groups in total. The number of aliphatic carboxylic acids is 1. The van der Waals surface area contributed by atoms with Gasteiger partial charge in [-0.25, -0.2) is 5.06 Å². The van der Waals surface area contributed by atoms with Crippen LogP contribution in [0.25, 0.3) is 0 Å². The van der Waals surface area contributed by atoms with Crippen molar-refractivity contribution in [1.82, 2.24) is 14.9 Å². The fourth-order valence-corrected chi connectivity index (χ4v) is 5.31. The molecule has 10 nitrogen and oxygen atoms in total. The van der Waals surface area contributed by atoms with Gasteiger partial charge in [0, 0.05) is 36.9 Å². The first-order valence-electron chi connectivity index (χ1n) is 13.2. The van der Waals surface area contributed by atoms with Crippen LogP contribution in [0.5, 0.6) is 17.2 Å². The molecule has 1 saturated heterocycles. The second kappa shape index (κ2) is 12.9. The van der Waals surface area contributed by atoms with Crippen LogP contribution in [0.15, 0.2) is 36.5 Å². The molecule has 3 atom stereocenters. The lowest BCUT2D eigenvalue weighted by atomic mass is 9.83. The normalized spacial score (nSPS) is 20.4. The van der Waals surface area contributed by atoms with Crippen molar-refractivity contribution in [2.24, 2.45) is 5.92 Å². The number of hydrogen-bond donors (Lipinski definition) is 1. The Kier molecular flexibility index (Phi) is 9.41. The molecule has 0 radical (unpaired) electrons. The first-order chi connectivity index (χ1) is 18.5. The summed E-state index contributed by atoms with van der Waals surface area (Å²) in [6.45, 7) is 5.46. The van der Waals surface area contributed by atoms with E-state index in [-0.39, 0.29) is 31.2 Å². The number of methoxy groups -OCH3 is 1. The number of nitrogens with zero attached hydrogens (tertiary/aromatic N) is 3. The molecule has 1 aromatic heterocycles. The van der Waals surface area contributed by atoms with Crippen molar-refractivity contribution in [1.29, 1.82) is 0 Å². The van der Waals surface area contributed by atoms with Gasteiger partial charge in [-0.15, -0.1) is 0 Å². The maximum Gasteiger partial charge on any atom is 0.308 e. The van der Waals surface area contributed by atoms with Gasteiger partial charge in [0.1, 0.15) is 0 Å². The van der Waals surface area contributed by atoms with Crippen LogP contribution in [0.4, 0.5) is 0 Å². The monoisotopic (exact) mass is 527 g/mol. The maximum absolute atomic E-state index is 13.3. The number of hydroxylamine groups is 2. The highest BCUT2D eigenvalue weighted by Crippen LogP contribution is 2.47. The number of fused-ring (bicyclic) bond motifs is 1. The minimum atomic E-state index is -0.903. The summed E-state index contributed by atoms with van der Waals surface area (Å²) in [7, 11) is 1.55. The van der Waals surface area contributed by atoms with E-state index in [1.165, 1.54) is 5.06 Å². The van der Waals surface area contributed by atoms with Gasteiger partial charge >= 0.3 is 5.97 Å². The van der Waals surface area contributed by atoms with Crippen molar-refractivity contribution in [3.05, 3.63) is 47.8 Å². The van der Waals surface area contributed by atoms with E-state index in [2.05, 4.69) is 4.98 Å². The van der Waals surface area contributed by atoms with Crippen LogP contribution >= 0.6 is 0 Å². The molecule has 2 aliphatic heterocycles. The number of aromatic nitrogens is 1. The summed E-state index contributed by atoms with van der Waals surface area (Å²) in [5.41, 5.74) is 1.67. The third-order valence-corrected chi connectivity index (χ3v) is 7.06.